The summed E-state index contributed by atoms with van der Waals surface area (Å²) in [5.41, 5.74) is 10.3. The smallest absolute Gasteiger partial charge is 0.321 e. The quantitative estimate of drug-likeness (QED) is 0.926. The number of nitrogen functional groups attached to an aromatic ring is 1. The van der Waals surface area contributed by atoms with E-state index in [4.69, 9.17) is 10.5 Å². The summed E-state index contributed by atoms with van der Waals surface area (Å²) in [6, 6.07) is 4.48. The van der Waals surface area contributed by atoms with Crippen molar-refractivity contribution < 1.29 is 4.74 Å². The van der Waals surface area contributed by atoms with Crippen molar-refractivity contribution in [1.82, 2.24) is 15.0 Å². The number of aryl methyl sites for hydroxylation is 3. The van der Waals surface area contributed by atoms with Crippen LogP contribution in [0.4, 0.5) is 5.95 Å². The minimum atomic E-state index is 0.179. The number of benzene rings is 1. The molecule has 2 aromatic rings. The summed E-state index contributed by atoms with van der Waals surface area (Å²) >= 11 is 0. The lowest BCUT2D eigenvalue weighted by molar-refractivity contribution is 0.292. The molecular formula is C15H20N4O. The van der Waals surface area contributed by atoms with Crippen molar-refractivity contribution in [3.05, 3.63) is 28.8 Å². The first-order valence-corrected chi connectivity index (χ1v) is 6.73. The number of aromatic nitrogens is 3. The molecule has 2 rings (SSSR count). The first kappa shape index (κ1) is 14.2. The summed E-state index contributed by atoms with van der Waals surface area (Å²) < 4.78 is 5.45. The molecule has 0 bridgehead atoms. The highest BCUT2D eigenvalue weighted by Gasteiger charge is 2.11. The van der Waals surface area contributed by atoms with Crippen LogP contribution < -0.4 is 10.5 Å². The minimum absolute atomic E-state index is 0.179. The van der Waals surface area contributed by atoms with Gasteiger partial charge in [0.1, 0.15) is 0 Å². The van der Waals surface area contributed by atoms with E-state index in [1.807, 2.05) is 13.8 Å². The summed E-state index contributed by atoms with van der Waals surface area (Å²) in [4.78, 5) is 12.6. The molecule has 0 radical (unpaired) electrons. The predicted molar refractivity (Wildman–Crippen MR) is 79.7 cm³/mol. The molecule has 0 spiro atoms. The van der Waals surface area contributed by atoms with E-state index in [0.29, 0.717) is 12.4 Å². The first-order valence-electron chi connectivity index (χ1n) is 6.73. The van der Waals surface area contributed by atoms with Crippen LogP contribution in [0.1, 0.15) is 30.0 Å². The lowest BCUT2D eigenvalue weighted by Gasteiger charge is -2.10. The van der Waals surface area contributed by atoms with E-state index in [9.17, 15) is 0 Å². The molecule has 0 aliphatic heterocycles. The fraction of sp³-hybridized carbons (Fsp3) is 0.400. The van der Waals surface area contributed by atoms with E-state index >= 15 is 0 Å². The van der Waals surface area contributed by atoms with E-state index in [1.165, 1.54) is 11.1 Å². The van der Waals surface area contributed by atoms with Gasteiger partial charge in [-0.05, 0) is 49.9 Å². The van der Waals surface area contributed by atoms with Crippen molar-refractivity contribution in [2.45, 2.75) is 34.1 Å². The molecule has 0 aliphatic rings. The fourth-order valence-corrected chi connectivity index (χ4v) is 1.95. The Hall–Kier alpha value is -2.17. The fourth-order valence-electron chi connectivity index (χ4n) is 1.95. The third-order valence-corrected chi connectivity index (χ3v) is 3.15. The van der Waals surface area contributed by atoms with E-state index in [-0.39, 0.29) is 12.0 Å². The third-order valence-electron chi connectivity index (χ3n) is 3.15. The topological polar surface area (TPSA) is 73.9 Å². The highest BCUT2D eigenvalue weighted by Crippen LogP contribution is 2.25. The van der Waals surface area contributed by atoms with Crippen molar-refractivity contribution >= 4 is 5.95 Å². The maximum Gasteiger partial charge on any atom is 0.321 e. The molecular weight excluding hydrogens is 252 g/mol. The van der Waals surface area contributed by atoms with Crippen molar-refractivity contribution in [3.63, 3.8) is 0 Å². The number of hydrogen-bond donors (Lipinski definition) is 1. The summed E-state index contributed by atoms with van der Waals surface area (Å²) in [5.74, 6) is 0.739. The van der Waals surface area contributed by atoms with E-state index < -0.39 is 0 Å². The van der Waals surface area contributed by atoms with Crippen molar-refractivity contribution in [2.24, 2.45) is 0 Å². The summed E-state index contributed by atoms with van der Waals surface area (Å²) in [5, 5.41) is 0. The highest BCUT2D eigenvalue weighted by atomic mass is 16.5. The normalized spacial score (nSPS) is 10.6. The second-order valence-corrected chi connectivity index (χ2v) is 4.90. The summed E-state index contributed by atoms with van der Waals surface area (Å²) in [6.07, 6.45) is 0.892. The average Bonchev–Trinajstić information content (AvgIpc) is 2.40. The molecule has 0 aliphatic carbocycles. The lowest BCUT2D eigenvalue weighted by Crippen LogP contribution is -2.06. The van der Waals surface area contributed by atoms with Crippen molar-refractivity contribution in [1.29, 1.82) is 0 Å². The highest BCUT2D eigenvalue weighted by molar-refractivity contribution is 5.63. The van der Waals surface area contributed by atoms with Crippen LogP contribution in [0.5, 0.6) is 6.01 Å². The van der Waals surface area contributed by atoms with Gasteiger partial charge in [0.2, 0.25) is 5.95 Å². The third kappa shape index (κ3) is 3.04. The first-order chi connectivity index (χ1) is 9.51. The van der Waals surface area contributed by atoms with Gasteiger partial charge < -0.3 is 10.5 Å². The number of anilines is 1. The molecule has 0 atom stereocenters. The second-order valence-electron chi connectivity index (χ2n) is 4.90. The van der Waals surface area contributed by atoms with Crippen LogP contribution in [0, 0.1) is 20.8 Å². The van der Waals surface area contributed by atoms with Gasteiger partial charge in [0, 0.05) is 5.56 Å². The lowest BCUT2D eigenvalue weighted by atomic mass is 10.0. The Kier molecular flexibility index (Phi) is 4.17. The molecule has 5 nitrogen and oxygen atoms in total. The summed E-state index contributed by atoms with van der Waals surface area (Å²) in [7, 11) is 0. The number of nitrogens with two attached hydrogens (primary N) is 1. The molecule has 0 saturated carbocycles. The maximum atomic E-state index is 5.74. The van der Waals surface area contributed by atoms with Gasteiger partial charge in [-0.3, -0.25) is 0 Å². The largest absolute Gasteiger partial charge is 0.463 e. The van der Waals surface area contributed by atoms with Gasteiger partial charge in [0.15, 0.2) is 5.82 Å². The molecule has 2 N–H and O–H groups in total. The molecule has 0 unspecified atom stereocenters. The van der Waals surface area contributed by atoms with Crippen molar-refractivity contribution in [2.75, 3.05) is 12.3 Å². The number of hydrogen-bond acceptors (Lipinski definition) is 5. The number of nitrogens with zero attached hydrogens (tertiary/aromatic N) is 3. The van der Waals surface area contributed by atoms with Gasteiger partial charge >= 0.3 is 6.01 Å². The monoisotopic (exact) mass is 272 g/mol. The Morgan fingerprint density at radius 2 is 1.70 bits per heavy atom. The van der Waals surface area contributed by atoms with Gasteiger partial charge in [0.25, 0.3) is 0 Å². The van der Waals surface area contributed by atoms with E-state index in [1.54, 1.807) is 0 Å². The SMILES string of the molecule is CCCOc1nc(N)nc(-c2cc(C)c(C)cc2C)n1. The van der Waals surface area contributed by atoms with Crippen LogP contribution in [0.3, 0.4) is 0 Å². The van der Waals surface area contributed by atoms with Crippen LogP contribution >= 0.6 is 0 Å². The van der Waals surface area contributed by atoms with Gasteiger partial charge in [-0.1, -0.05) is 13.0 Å². The molecule has 0 fully saturated rings. The van der Waals surface area contributed by atoms with Gasteiger partial charge in [-0.2, -0.15) is 15.0 Å². The van der Waals surface area contributed by atoms with Gasteiger partial charge in [-0.15, -0.1) is 0 Å². The zero-order valence-electron chi connectivity index (χ0n) is 12.4. The number of rotatable bonds is 4. The Bertz CT molecular complexity index is 626. The maximum absolute atomic E-state index is 5.74. The Morgan fingerprint density at radius 3 is 2.40 bits per heavy atom. The molecule has 5 heteroatoms. The molecule has 20 heavy (non-hydrogen) atoms. The zero-order chi connectivity index (χ0) is 14.7. The molecule has 1 aromatic heterocycles. The molecule has 0 amide bonds. The van der Waals surface area contributed by atoms with Gasteiger partial charge in [0.05, 0.1) is 6.61 Å². The van der Waals surface area contributed by atoms with Crippen LogP contribution in [0.25, 0.3) is 11.4 Å². The van der Waals surface area contributed by atoms with E-state index in [0.717, 1.165) is 17.5 Å². The molecule has 1 aromatic carbocycles. The van der Waals surface area contributed by atoms with E-state index in [2.05, 4.69) is 40.9 Å². The average molecular weight is 272 g/mol. The Labute approximate surface area is 119 Å². The zero-order valence-corrected chi connectivity index (χ0v) is 12.4. The van der Waals surface area contributed by atoms with Gasteiger partial charge in [-0.25, -0.2) is 0 Å². The Balaban J connectivity index is 2.47. The number of ether oxygens (including phenoxy) is 1. The minimum Gasteiger partial charge on any atom is -0.463 e. The standard InChI is InChI=1S/C15H20N4O/c1-5-6-20-15-18-13(17-14(16)19-15)12-8-10(3)9(2)7-11(12)4/h7-8H,5-6H2,1-4H3,(H2,16,17,18,19). The van der Waals surface area contributed by atoms with Crippen LogP contribution in [0.15, 0.2) is 12.1 Å². The van der Waals surface area contributed by atoms with Crippen LogP contribution in [0.2, 0.25) is 0 Å². The van der Waals surface area contributed by atoms with Crippen molar-refractivity contribution in [3.8, 4) is 17.4 Å². The second kappa shape index (κ2) is 5.86. The van der Waals surface area contributed by atoms with Crippen LogP contribution in [-0.4, -0.2) is 21.6 Å². The van der Waals surface area contributed by atoms with Crippen LogP contribution in [-0.2, 0) is 0 Å². The molecule has 0 saturated heterocycles. The predicted octanol–water partition coefficient (Wildman–Crippen LogP) is 2.83. The summed E-state index contributed by atoms with van der Waals surface area (Å²) in [6.45, 7) is 8.78. The molecule has 106 valence electrons. The molecule has 1 heterocycles. The Morgan fingerprint density at radius 1 is 1.00 bits per heavy atom.